The van der Waals surface area contributed by atoms with Gasteiger partial charge in [-0.1, -0.05) is 30.4 Å². The van der Waals surface area contributed by atoms with Crippen LogP contribution < -0.4 is 11.1 Å². The average molecular weight is 301 g/mol. The van der Waals surface area contributed by atoms with Gasteiger partial charge in [0.25, 0.3) is 0 Å². The van der Waals surface area contributed by atoms with Crippen molar-refractivity contribution in [3.05, 3.63) is 35.9 Å². The van der Waals surface area contributed by atoms with Gasteiger partial charge in [0.2, 0.25) is 0 Å². The molecular formula is C16H19N3OS. The van der Waals surface area contributed by atoms with Crippen LogP contribution in [0, 0.1) is 5.92 Å². The Kier molecular flexibility index (Phi) is 4.03. The fourth-order valence-electron chi connectivity index (χ4n) is 2.75. The van der Waals surface area contributed by atoms with Gasteiger partial charge in [-0.05, 0) is 25.5 Å². The smallest absolute Gasteiger partial charge is 0.127 e. The number of nitrogens with two attached hydrogens (primary N) is 1. The van der Waals surface area contributed by atoms with Crippen LogP contribution >= 0.6 is 12.2 Å². The van der Waals surface area contributed by atoms with Crippen LogP contribution in [0.25, 0.3) is 10.9 Å². The number of para-hydroxylation sites is 1. The van der Waals surface area contributed by atoms with E-state index in [1.54, 1.807) is 0 Å². The van der Waals surface area contributed by atoms with E-state index in [1.807, 2.05) is 30.3 Å². The number of fused-ring (bicyclic) bond motifs is 1. The maximum Gasteiger partial charge on any atom is 0.127 e. The summed E-state index contributed by atoms with van der Waals surface area (Å²) in [6, 6.07) is 10.2. The minimum absolute atomic E-state index is 0.306. The molecule has 0 saturated carbocycles. The zero-order valence-electron chi connectivity index (χ0n) is 12.0. The Labute approximate surface area is 129 Å². The molecule has 1 aliphatic rings. The number of thiocarbonyl (C=S) groups is 1. The third-order valence-electron chi connectivity index (χ3n) is 4.03. The highest BCUT2D eigenvalue weighted by Gasteiger charge is 2.22. The molecule has 3 rings (SSSR count). The molecule has 1 saturated heterocycles. The fraction of sp³-hybridized carbons (Fsp3) is 0.375. The Hall–Kier alpha value is -1.72. The van der Waals surface area contributed by atoms with Gasteiger partial charge >= 0.3 is 0 Å². The van der Waals surface area contributed by atoms with E-state index in [1.165, 1.54) is 0 Å². The predicted molar refractivity (Wildman–Crippen MR) is 89.6 cm³/mol. The summed E-state index contributed by atoms with van der Waals surface area (Å²) < 4.78 is 5.45. The minimum atomic E-state index is 0.306. The molecule has 0 radical (unpaired) electrons. The summed E-state index contributed by atoms with van der Waals surface area (Å²) >= 11 is 5.17. The molecule has 0 bridgehead atoms. The average Bonchev–Trinajstić information content (AvgIpc) is 3.00. The molecule has 110 valence electrons. The second-order valence-corrected chi connectivity index (χ2v) is 5.93. The zero-order chi connectivity index (χ0) is 14.8. The SMILES string of the molecule is CC(Nc1cc(C(N)=S)c2ccccc2n1)C1CCOC1. The lowest BCUT2D eigenvalue weighted by atomic mass is 10.0. The quantitative estimate of drug-likeness (QED) is 0.850. The largest absolute Gasteiger partial charge is 0.389 e. The maximum atomic E-state index is 5.86. The van der Waals surface area contributed by atoms with Crippen molar-refractivity contribution >= 4 is 33.9 Å². The Morgan fingerprint density at radius 3 is 3.00 bits per heavy atom. The molecule has 1 aliphatic heterocycles. The molecule has 5 heteroatoms. The van der Waals surface area contributed by atoms with Gasteiger partial charge in [-0.2, -0.15) is 0 Å². The van der Waals surface area contributed by atoms with E-state index >= 15 is 0 Å². The van der Waals surface area contributed by atoms with Crippen molar-refractivity contribution < 1.29 is 4.74 Å². The molecule has 0 spiro atoms. The van der Waals surface area contributed by atoms with Crippen molar-refractivity contribution in [2.24, 2.45) is 11.7 Å². The Bertz CT molecular complexity index is 668. The lowest BCUT2D eigenvalue weighted by molar-refractivity contribution is 0.183. The van der Waals surface area contributed by atoms with Crippen LogP contribution in [0.3, 0.4) is 0 Å². The van der Waals surface area contributed by atoms with Crippen LogP contribution in [-0.4, -0.2) is 29.2 Å². The highest BCUT2D eigenvalue weighted by atomic mass is 32.1. The summed E-state index contributed by atoms with van der Waals surface area (Å²) in [5.74, 6) is 1.34. The number of hydrogen-bond acceptors (Lipinski definition) is 4. The first-order valence-electron chi connectivity index (χ1n) is 7.19. The number of nitrogens with zero attached hydrogens (tertiary/aromatic N) is 1. The van der Waals surface area contributed by atoms with Crippen molar-refractivity contribution in [1.29, 1.82) is 0 Å². The monoisotopic (exact) mass is 301 g/mol. The van der Waals surface area contributed by atoms with E-state index in [0.717, 1.165) is 41.9 Å². The normalized spacial score (nSPS) is 19.6. The summed E-state index contributed by atoms with van der Waals surface area (Å²) in [7, 11) is 0. The van der Waals surface area contributed by atoms with Crippen molar-refractivity contribution in [1.82, 2.24) is 4.98 Å². The summed E-state index contributed by atoms with van der Waals surface area (Å²) in [5, 5.41) is 4.46. The second kappa shape index (κ2) is 5.95. The van der Waals surface area contributed by atoms with Crippen LogP contribution in [0.1, 0.15) is 18.9 Å². The van der Waals surface area contributed by atoms with E-state index in [9.17, 15) is 0 Å². The van der Waals surface area contributed by atoms with Crippen LogP contribution in [0.4, 0.5) is 5.82 Å². The van der Waals surface area contributed by atoms with E-state index < -0.39 is 0 Å². The number of rotatable bonds is 4. The first-order chi connectivity index (χ1) is 10.1. The van der Waals surface area contributed by atoms with Gasteiger partial charge in [-0.25, -0.2) is 4.98 Å². The molecule has 2 atom stereocenters. The molecule has 0 aliphatic carbocycles. The topological polar surface area (TPSA) is 60.2 Å². The third kappa shape index (κ3) is 2.99. The molecule has 21 heavy (non-hydrogen) atoms. The predicted octanol–water partition coefficient (Wildman–Crippen LogP) is 2.71. The van der Waals surface area contributed by atoms with Crippen LogP contribution in [0.15, 0.2) is 30.3 Å². The van der Waals surface area contributed by atoms with Crippen molar-refractivity contribution in [2.45, 2.75) is 19.4 Å². The van der Waals surface area contributed by atoms with Gasteiger partial charge in [0, 0.05) is 29.5 Å². The van der Waals surface area contributed by atoms with Gasteiger partial charge in [0.05, 0.1) is 12.1 Å². The Morgan fingerprint density at radius 1 is 1.48 bits per heavy atom. The zero-order valence-corrected chi connectivity index (χ0v) is 12.8. The van der Waals surface area contributed by atoms with Crippen LogP contribution in [0.5, 0.6) is 0 Å². The lowest BCUT2D eigenvalue weighted by Crippen LogP contribution is -2.26. The number of ether oxygens (including phenoxy) is 1. The molecule has 2 unspecified atom stereocenters. The highest BCUT2D eigenvalue weighted by Crippen LogP contribution is 2.24. The molecule has 4 nitrogen and oxygen atoms in total. The third-order valence-corrected chi connectivity index (χ3v) is 4.25. The molecule has 2 aromatic rings. The number of aromatic nitrogens is 1. The van der Waals surface area contributed by atoms with Crippen molar-refractivity contribution in [3.8, 4) is 0 Å². The fourth-order valence-corrected chi connectivity index (χ4v) is 2.92. The van der Waals surface area contributed by atoms with E-state index in [-0.39, 0.29) is 0 Å². The molecule has 1 aromatic carbocycles. The Morgan fingerprint density at radius 2 is 2.29 bits per heavy atom. The molecule has 1 aromatic heterocycles. The first-order valence-corrected chi connectivity index (χ1v) is 7.60. The van der Waals surface area contributed by atoms with Gasteiger partial charge in [-0.15, -0.1) is 0 Å². The van der Waals surface area contributed by atoms with Gasteiger partial charge in [0.1, 0.15) is 10.8 Å². The molecule has 2 heterocycles. The van der Waals surface area contributed by atoms with Gasteiger partial charge < -0.3 is 15.8 Å². The minimum Gasteiger partial charge on any atom is -0.389 e. The molecular weight excluding hydrogens is 282 g/mol. The number of pyridine rings is 1. The Balaban J connectivity index is 1.93. The van der Waals surface area contributed by atoms with Gasteiger partial charge in [0.15, 0.2) is 0 Å². The van der Waals surface area contributed by atoms with Crippen LogP contribution in [0.2, 0.25) is 0 Å². The highest BCUT2D eigenvalue weighted by molar-refractivity contribution is 7.80. The van der Waals surface area contributed by atoms with Crippen molar-refractivity contribution in [3.63, 3.8) is 0 Å². The molecule has 3 N–H and O–H groups in total. The summed E-state index contributed by atoms with van der Waals surface area (Å²) in [4.78, 5) is 5.06. The molecule has 0 amide bonds. The van der Waals surface area contributed by atoms with Crippen molar-refractivity contribution in [2.75, 3.05) is 18.5 Å². The summed E-state index contributed by atoms with van der Waals surface area (Å²) in [5.41, 5.74) is 7.63. The van der Waals surface area contributed by atoms with Gasteiger partial charge in [-0.3, -0.25) is 0 Å². The van der Waals surface area contributed by atoms with E-state index in [0.29, 0.717) is 16.9 Å². The molecule has 1 fully saturated rings. The second-order valence-electron chi connectivity index (χ2n) is 5.49. The number of anilines is 1. The maximum absolute atomic E-state index is 5.86. The number of hydrogen-bond donors (Lipinski definition) is 2. The standard InChI is InChI=1S/C16H19N3OS/c1-10(11-6-7-20-9-11)18-15-8-13(16(17)21)12-4-2-3-5-14(12)19-15/h2-5,8,10-11H,6-7,9H2,1H3,(H2,17,21)(H,18,19). The van der Waals surface area contributed by atoms with E-state index in [4.69, 9.17) is 22.7 Å². The first kappa shape index (κ1) is 14.2. The van der Waals surface area contributed by atoms with Crippen LogP contribution in [-0.2, 0) is 4.74 Å². The number of benzene rings is 1. The number of nitrogens with one attached hydrogen (secondary N) is 1. The summed E-state index contributed by atoms with van der Waals surface area (Å²) in [6.45, 7) is 3.82. The lowest BCUT2D eigenvalue weighted by Gasteiger charge is -2.20. The summed E-state index contributed by atoms with van der Waals surface area (Å²) in [6.07, 6.45) is 1.09. The van der Waals surface area contributed by atoms with E-state index in [2.05, 4.69) is 17.2 Å².